The summed E-state index contributed by atoms with van der Waals surface area (Å²) in [6.07, 6.45) is 1.76. The summed E-state index contributed by atoms with van der Waals surface area (Å²) >= 11 is 0. The van der Waals surface area contributed by atoms with Crippen LogP contribution in [0.1, 0.15) is 22.3 Å². The molecule has 0 aliphatic heterocycles. The second-order valence-electron chi connectivity index (χ2n) is 6.07. The van der Waals surface area contributed by atoms with Crippen molar-refractivity contribution in [1.29, 1.82) is 5.26 Å². The Hall–Kier alpha value is -3.78. The van der Waals surface area contributed by atoms with Gasteiger partial charge in [-0.3, -0.25) is 0 Å². The molecule has 0 saturated carbocycles. The minimum absolute atomic E-state index is 0.420. The van der Waals surface area contributed by atoms with E-state index in [1.807, 2.05) is 66.7 Å². The number of hydrogen-bond donors (Lipinski definition) is 1. The van der Waals surface area contributed by atoms with Crippen molar-refractivity contribution in [2.45, 2.75) is 13.2 Å². The highest BCUT2D eigenvalue weighted by molar-refractivity contribution is 5.79. The lowest BCUT2D eigenvalue weighted by atomic mass is 10.1. The smallest absolute Gasteiger partial charge is 0.123 e. The Morgan fingerprint density at radius 1 is 1.04 bits per heavy atom. The lowest BCUT2D eigenvalue weighted by Crippen LogP contribution is -2.06. The Balaban J connectivity index is 1.50. The van der Waals surface area contributed by atoms with Crippen molar-refractivity contribution in [2.24, 2.45) is 5.10 Å². The van der Waals surface area contributed by atoms with E-state index in [0.29, 0.717) is 18.7 Å². The summed E-state index contributed by atoms with van der Waals surface area (Å²) in [5.74, 6) is 1.61. The Bertz CT molecular complexity index is 976. The maximum atomic E-state index is 8.94. The van der Waals surface area contributed by atoms with Crippen LogP contribution >= 0.6 is 0 Å². The van der Waals surface area contributed by atoms with Crippen molar-refractivity contribution in [3.8, 4) is 17.6 Å². The third kappa shape index (κ3) is 5.36. The predicted octanol–water partition coefficient (Wildman–Crippen LogP) is 4.27. The van der Waals surface area contributed by atoms with Crippen LogP contribution in [-0.2, 0) is 13.2 Å². The number of ether oxygens (including phenoxy) is 2. The number of rotatable bonds is 8. The topological polar surface area (TPSA) is 66.6 Å². The predicted molar refractivity (Wildman–Crippen MR) is 109 cm³/mol. The molecule has 0 aliphatic carbocycles. The van der Waals surface area contributed by atoms with Crippen LogP contribution in [0.25, 0.3) is 0 Å². The van der Waals surface area contributed by atoms with E-state index in [1.54, 1.807) is 19.4 Å². The van der Waals surface area contributed by atoms with Crippen LogP contribution in [0, 0.1) is 11.3 Å². The fourth-order valence-electron chi connectivity index (χ4n) is 2.65. The first-order chi connectivity index (χ1) is 13.8. The molecule has 0 atom stereocenters. The van der Waals surface area contributed by atoms with E-state index in [2.05, 4.69) is 16.6 Å². The Labute approximate surface area is 164 Å². The van der Waals surface area contributed by atoms with E-state index in [-0.39, 0.29) is 0 Å². The van der Waals surface area contributed by atoms with Crippen LogP contribution in [-0.4, -0.2) is 13.3 Å². The van der Waals surface area contributed by atoms with E-state index in [4.69, 9.17) is 14.7 Å². The van der Waals surface area contributed by atoms with Gasteiger partial charge in [-0.1, -0.05) is 30.3 Å². The lowest BCUT2D eigenvalue weighted by Gasteiger charge is -2.07. The maximum Gasteiger partial charge on any atom is 0.123 e. The first-order valence-corrected chi connectivity index (χ1v) is 8.88. The first-order valence-electron chi connectivity index (χ1n) is 8.88. The van der Waals surface area contributed by atoms with Crippen LogP contribution in [0.4, 0.5) is 0 Å². The number of methoxy groups -OCH3 is 1. The van der Waals surface area contributed by atoms with Crippen molar-refractivity contribution in [3.05, 3.63) is 95.1 Å². The zero-order chi connectivity index (χ0) is 19.6. The molecule has 28 heavy (non-hydrogen) atoms. The van der Waals surface area contributed by atoms with Gasteiger partial charge in [-0.2, -0.15) is 10.4 Å². The highest BCUT2D eigenvalue weighted by Gasteiger charge is 2.00. The van der Waals surface area contributed by atoms with Gasteiger partial charge in [-0.15, -0.1) is 0 Å². The monoisotopic (exact) mass is 371 g/mol. The van der Waals surface area contributed by atoms with Gasteiger partial charge in [0.05, 0.1) is 31.5 Å². The second-order valence-corrected chi connectivity index (χ2v) is 6.07. The first kappa shape index (κ1) is 19.0. The number of nitrogens with one attached hydrogen (secondary N) is 1. The van der Waals surface area contributed by atoms with Gasteiger partial charge in [-0.05, 0) is 53.6 Å². The summed E-state index contributed by atoms with van der Waals surface area (Å²) in [5, 5.41) is 13.2. The zero-order valence-electron chi connectivity index (χ0n) is 15.6. The molecule has 0 spiro atoms. The summed E-state index contributed by atoms with van der Waals surface area (Å²) in [6.45, 7) is 1.01. The van der Waals surface area contributed by atoms with Gasteiger partial charge in [0.25, 0.3) is 0 Å². The highest BCUT2D eigenvalue weighted by atomic mass is 16.5. The van der Waals surface area contributed by atoms with E-state index in [9.17, 15) is 0 Å². The highest BCUT2D eigenvalue weighted by Crippen LogP contribution is 2.17. The molecular weight excluding hydrogens is 350 g/mol. The van der Waals surface area contributed by atoms with Gasteiger partial charge >= 0.3 is 0 Å². The van der Waals surface area contributed by atoms with E-state index in [1.165, 1.54) is 0 Å². The van der Waals surface area contributed by atoms with E-state index < -0.39 is 0 Å². The van der Waals surface area contributed by atoms with Crippen molar-refractivity contribution in [3.63, 3.8) is 0 Å². The van der Waals surface area contributed by atoms with Crippen LogP contribution in [0.15, 0.2) is 77.9 Å². The summed E-state index contributed by atoms with van der Waals surface area (Å²) in [6, 6.07) is 25.0. The van der Waals surface area contributed by atoms with Crippen molar-refractivity contribution in [1.82, 2.24) is 5.43 Å². The van der Waals surface area contributed by atoms with Gasteiger partial charge in [0.15, 0.2) is 0 Å². The molecule has 3 aromatic rings. The van der Waals surface area contributed by atoms with Crippen LogP contribution in [0.3, 0.4) is 0 Å². The standard InChI is InChI=1S/C23H21N3O2/c1-27-23-8-3-2-7-21(23)16-26-25-15-18-9-11-22(12-10-18)28-17-20-6-4-5-19(13-20)14-24/h2-13,15,26H,16-17H2,1H3/b25-15-. The molecular formula is C23H21N3O2. The average molecular weight is 371 g/mol. The number of hydrogen-bond acceptors (Lipinski definition) is 5. The third-order valence-corrected chi connectivity index (χ3v) is 4.11. The fraction of sp³-hybridized carbons (Fsp3) is 0.130. The number of para-hydroxylation sites is 1. The Kier molecular flexibility index (Phi) is 6.64. The van der Waals surface area contributed by atoms with Crippen LogP contribution in [0.5, 0.6) is 11.5 Å². The zero-order valence-corrected chi connectivity index (χ0v) is 15.6. The number of nitriles is 1. The SMILES string of the molecule is COc1ccccc1CN/N=C\c1ccc(OCc2cccc(C#N)c2)cc1. The van der Waals surface area contributed by atoms with Crippen molar-refractivity contribution in [2.75, 3.05) is 7.11 Å². The summed E-state index contributed by atoms with van der Waals surface area (Å²) in [7, 11) is 1.66. The minimum Gasteiger partial charge on any atom is -0.496 e. The lowest BCUT2D eigenvalue weighted by molar-refractivity contribution is 0.306. The number of nitrogens with zero attached hydrogens (tertiary/aromatic N) is 2. The molecule has 0 bridgehead atoms. The molecule has 0 fully saturated rings. The molecule has 140 valence electrons. The van der Waals surface area contributed by atoms with E-state index in [0.717, 1.165) is 28.2 Å². The summed E-state index contributed by atoms with van der Waals surface area (Å²) in [5.41, 5.74) is 6.64. The van der Waals surface area contributed by atoms with Gasteiger partial charge in [0.1, 0.15) is 18.1 Å². The van der Waals surface area contributed by atoms with Crippen LogP contribution in [0.2, 0.25) is 0 Å². The fourth-order valence-corrected chi connectivity index (χ4v) is 2.65. The second kappa shape index (κ2) is 9.79. The quantitative estimate of drug-likeness (QED) is 0.474. The largest absolute Gasteiger partial charge is 0.496 e. The van der Waals surface area contributed by atoms with Gasteiger partial charge < -0.3 is 14.9 Å². The van der Waals surface area contributed by atoms with Gasteiger partial charge in [0.2, 0.25) is 0 Å². The molecule has 0 aliphatic rings. The molecule has 0 heterocycles. The Morgan fingerprint density at radius 3 is 2.64 bits per heavy atom. The van der Waals surface area contributed by atoms with Gasteiger partial charge in [0, 0.05) is 5.56 Å². The number of hydrazone groups is 1. The van der Waals surface area contributed by atoms with Crippen molar-refractivity contribution < 1.29 is 9.47 Å². The minimum atomic E-state index is 0.420. The third-order valence-electron chi connectivity index (χ3n) is 4.11. The maximum absolute atomic E-state index is 8.94. The van der Waals surface area contributed by atoms with Crippen LogP contribution < -0.4 is 14.9 Å². The summed E-state index contributed by atoms with van der Waals surface area (Å²) in [4.78, 5) is 0. The van der Waals surface area contributed by atoms with E-state index >= 15 is 0 Å². The average Bonchev–Trinajstić information content (AvgIpc) is 2.76. The molecule has 5 heteroatoms. The molecule has 0 aromatic heterocycles. The Morgan fingerprint density at radius 2 is 1.86 bits per heavy atom. The summed E-state index contributed by atoms with van der Waals surface area (Å²) < 4.78 is 11.1. The van der Waals surface area contributed by atoms with Gasteiger partial charge in [-0.25, -0.2) is 0 Å². The molecule has 0 unspecified atom stereocenters. The normalized spacial score (nSPS) is 10.4. The number of benzene rings is 3. The molecule has 0 amide bonds. The molecule has 3 rings (SSSR count). The van der Waals surface area contributed by atoms with Crippen molar-refractivity contribution >= 4 is 6.21 Å². The molecule has 0 radical (unpaired) electrons. The molecule has 3 aromatic carbocycles. The molecule has 5 nitrogen and oxygen atoms in total. The molecule has 0 saturated heterocycles. The molecule has 1 N–H and O–H groups in total.